The lowest BCUT2D eigenvalue weighted by atomic mass is 10.1. The number of nitrogens with one attached hydrogen (secondary N) is 1. The average Bonchev–Trinajstić information content (AvgIpc) is 2.94. The summed E-state index contributed by atoms with van der Waals surface area (Å²) in [6.45, 7) is 3.87. The van der Waals surface area contributed by atoms with Crippen LogP contribution in [0.15, 0.2) is 18.2 Å². The predicted molar refractivity (Wildman–Crippen MR) is 85.2 cm³/mol. The minimum absolute atomic E-state index is 0.260. The van der Waals surface area contributed by atoms with E-state index in [1.165, 1.54) is 17.5 Å². The molecule has 0 fully saturated rings. The Balaban J connectivity index is 2.04. The Hall–Kier alpha value is -2.05. The maximum Gasteiger partial charge on any atom is 0.149 e. The molecule has 1 aromatic heterocycles. The van der Waals surface area contributed by atoms with E-state index in [2.05, 4.69) is 34.6 Å². The third kappa shape index (κ3) is 2.36. The number of hydrogen-bond acceptors (Lipinski definition) is 3. The van der Waals surface area contributed by atoms with Crippen molar-refractivity contribution in [3.05, 3.63) is 51.2 Å². The Kier molecular flexibility index (Phi) is 3.57. The average molecular weight is 298 g/mol. The lowest BCUT2D eigenvalue weighted by Gasteiger charge is -2.15. The first kappa shape index (κ1) is 13.9. The Morgan fingerprint density at radius 2 is 2.05 bits per heavy atom. The van der Waals surface area contributed by atoms with Gasteiger partial charge in [-0.25, -0.2) is 4.98 Å². The molecule has 0 amide bonds. The van der Waals surface area contributed by atoms with Crippen molar-refractivity contribution in [3.8, 4) is 6.07 Å². The maximum absolute atomic E-state index is 9.14. The Morgan fingerprint density at radius 1 is 1.24 bits per heavy atom. The smallest absolute Gasteiger partial charge is 0.149 e. The van der Waals surface area contributed by atoms with Crippen molar-refractivity contribution in [1.82, 2.24) is 4.98 Å². The molecule has 0 bridgehead atoms. The second kappa shape index (κ2) is 5.38. The molecule has 1 aliphatic rings. The molecule has 0 aliphatic heterocycles. The molecule has 1 N–H and O–H groups in total. The van der Waals surface area contributed by atoms with Crippen LogP contribution in [0.3, 0.4) is 0 Å². The fraction of sp³-hybridized carbons (Fsp3) is 0.294. The molecule has 21 heavy (non-hydrogen) atoms. The molecule has 106 valence electrons. The molecule has 0 saturated heterocycles. The summed E-state index contributed by atoms with van der Waals surface area (Å²) in [6.07, 6.45) is 3.44. The van der Waals surface area contributed by atoms with Gasteiger partial charge in [0.25, 0.3) is 0 Å². The zero-order valence-corrected chi connectivity index (χ0v) is 12.9. The number of anilines is 2. The number of halogens is 1. The number of fused-ring (bicyclic) bond motifs is 1. The van der Waals surface area contributed by atoms with Gasteiger partial charge in [-0.2, -0.15) is 5.26 Å². The summed E-state index contributed by atoms with van der Waals surface area (Å²) in [4.78, 5) is 4.36. The van der Waals surface area contributed by atoms with Crippen LogP contribution in [0.2, 0.25) is 5.15 Å². The van der Waals surface area contributed by atoms with E-state index in [1.807, 2.05) is 13.8 Å². The van der Waals surface area contributed by atoms with Crippen LogP contribution < -0.4 is 5.32 Å². The van der Waals surface area contributed by atoms with Crippen LogP contribution in [0.5, 0.6) is 0 Å². The molecule has 1 aliphatic carbocycles. The van der Waals surface area contributed by atoms with E-state index in [1.54, 1.807) is 0 Å². The number of aromatic nitrogens is 1. The summed E-state index contributed by atoms with van der Waals surface area (Å²) in [5, 5.41) is 12.8. The molecule has 1 aromatic carbocycles. The molecule has 0 radical (unpaired) electrons. The summed E-state index contributed by atoms with van der Waals surface area (Å²) in [6, 6.07) is 8.45. The SMILES string of the molecule is Cc1c(Nc2cccc3c2CCC3)nc(Cl)c(C#N)c1C. The largest absolute Gasteiger partial charge is 0.340 e. The van der Waals surface area contributed by atoms with Crippen molar-refractivity contribution in [2.75, 3.05) is 5.32 Å². The van der Waals surface area contributed by atoms with E-state index in [0.29, 0.717) is 5.56 Å². The lowest BCUT2D eigenvalue weighted by molar-refractivity contribution is 0.912. The van der Waals surface area contributed by atoms with Gasteiger partial charge in [0.1, 0.15) is 17.0 Å². The molecular weight excluding hydrogens is 282 g/mol. The molecule has 3 rings (SSSR count). The number of hydrogen-bond donors (Lipinski definition) is 1. The zero-order chi connectivity index (χ0) is 15.0. The van der Waals surface area contributed by atoms with Gasteiger partial charge in [0, 0.05) is 5.69 Å². The number of rotatable bonds is 2. The Labute approximate surface area is 129 Å². The number of nitriles is 1. The summed E-state index contributed by atoms with van der Waals surface area (Å²) in [5.74, 6) is 0.733. The predicted octanol–water partition coefficient (Wildman–Crippen LogP) is 4.46. The van der Waals surface area contributed by atoms with Gasteiger partial charge >= 0.3 is 0 Å². The van der Waals surface area contributed by atoms with Crippen molar-refractivity contribution in [2.24, 2.45) is 0 Å². The highest BCUT2D eigenvalue weighted by Gasteiger charge is 2.17. The Bertz CT molecular complexity index is 760. The third-order valence-corrected chi connectivity index (χ3v) is 4.49. The molecule has 0 unspecified atom stereocenters. The minimum Gasteiger partial charge on any atom is -0.340 e. The first-order valence-corrected chi connectivity index (χ1v) is 7.44. The van der Waals surface area contributed by atoms with Gasteiger partial charge in [0.05, 0.1) is 5.56 Å². The number of nitrogens with zero attached hydrogens (tertiary/aromatic N) is 2. The maximum atomic E-state index is 9.14. The van der Waals surface area contributed by atoms with Crippen LogP contribution in [0, 0.1) is 25.2 Å². The van der Waals surface area contributed by atoms with E-state index >= 15 is 0 Å². The van der Waals surface area contributed by atoms with Crippen molar-refractivity contribution in [2.45, 2.75) is 33.1 Å². The minimum atomic E-state index is 0.260. The van der Waals surface area contributed by atoms with Crippen LogP contribution in [-0.4, -0.2) is 4.98 Å². The van der Waals surface area contributed by atoms with Crippen LogP contribution in [0.25, 0.3) is 0 Å². The molecule has 0 spiro atoms. The second-order valence-corrected chi connectivity index (χ2v) is 5.77. The first-order valence-electron chi connectivity index (χ1n) is 7.06. The zero-order valence-electron chi connectivity index (χ0n) is 12.1. The van der Waals surface area contributed by atoms with Gasteiger partial charge in [0.15, 0.2) is 0 Å². The van der Waals surface area contributed by atoms with Crippen LogP contribution in [-0.2, 0) is 12.8 Å². The fourth-order valence-electron chi connectivity index (χ4n) is 2.87. The molecule has 4 heteroatoms. The quantitative estimate of drug-likeness (QED) is 0.833. The fourth-order valence-corrected chi connectivity index (χ4v) is 3.14. The van der Waals surface area contributed by atoms with E-state index < -0.39 is 0 Å². The number of benzene rings is 1. The summed E-state index contributed by atoms with van der Waals surface area (Å²) in [5.41, 5.74) is 6.18. The monoisotopic (exact) mass is 297 g/mol. The first-order chi connectivity index (χ1) is 10.1. The molecular formula is C17H16ClN3. The Morgan fingerprint density at radius 3 is 2.81 bits per heavy atom. The second-order valence-electron chi connectivity index (χ2n) is 5.41. The highest BCUT2D eigenvalue weighted by molar-refractivity contribution is 6.30. The van der Waals surface area contributed by atoms with Crippen LogP contribution in [0.4, 0.5) is 11.5 Å². The van der Waals surface area contributed by atoms with Gasteiger partial charge in [-0.1, -0.05) is 23.7 Å². The van der Waals surface area contributed by atoms with Crippen molar-refractivity contribution in [1.29, 1.82) is 5.26 Å². The van der Waals surface area contributed by atoms with Crippen molar-refractivity contribution in [3.63, 3.8) is 0 Å². The van der Waals surface area contributed by atoms with E-state index in [-0.39, 0.29) is 5.15 Å². The van der Waals surface area contributed by atoms with Crippen molar-refractivity contribution >= 4 is 23.1 Å². The van der Waals surface area contributed by atoms with Gasteiger partial charge < -0.3 is 5.32 Å². The van der Waals surface area contributed by atoms with Crippen molar-refractivity contribution < 1.29 is 0 Å². The van der Waals surface area contributed by atoms with Crippen LogP contribution >= 0.6 is 11.6 Å². The summed E-state index contributed by atoms with van der Waals surface area (Å²) in [7, 11) is 0. The van der Waals surface area contributed by atoms with E-state index in [4.69, 9.17) is 16.9 Å². The molecule has 2 aromatic rings. The molecule has 0 saturated carbocycles. The molecule has 3 nitrogen and oxygen atoms in total. The third-order valence-electron chi connectivity index (χ3n) is 4.22. The van der Waals surface area contributed by atoms with Gasteiger partial charge in [-0.05, 0) is 61.4 Å². The standard InChI is InChI=1S/C17H16ClN3/c1-10-11(2)17(21-16(18)14(10)9-19)20-15-8-4-6-12-5-3-7-13(12)15/h4,6,8H,3,5,7H2,1-2H3,(H,20,21). The van der Waals surface area contributed by atoms with E-state index in [9.17, 15) is 0 Å². The lowest BCUT2D eigenvalue weighted by Crippen LogP contribution is -2.03. The van der Waals surface area contributed by atoms with Gasteiger partial charge in [-0.15, -0.1) is 0 Å². The van der Waals surface area contributed by atoms with Crippen LogP contribution in [0.1, 0.15) is 34.2 Å². The highest BCUT2D eigenvalue weighted by atomic mass is 35.5. The van der Waals surface area contributed by atoms with Gasteiger partial charge in [-0.3, -0.25) is 0 Å². The summed E-state index contributed by atoms with van der Waals surface area (Å²) >= 11 is 6.12. The van der Waals surface area contributed by atoms with E-state index in [0.717, 1.165) is 35.5 Å². The number of pyridine rings is 1. The molecule has 1 heterocycles. The topological polar surface area (TPSA) is 48.7 Å². The normalized spacial score (nSPS) is 12.9. The summed E-state index contributed by atoms with van der Waals surface area (Å²) < 4.78 is 0. The highest BCUT2D eigenvalue weighted by Crippen LogP contribution is 2.33. The number of aryl methyl sites for hydroxylation is 1. The van der Waals surface area contributed by atoms with Gasteiger partial charge in [0.2, 0.25) is 0 Å². The molecule has 0 atom stereocenters.